The van der Waals surface area contributed by atoms with Crippen LogP contribution in [0, 0.1) is 6.92 Å². The second-order valence-electron chi connectivity index (χ2n) is 7.58. The Morgan fingerprint density at radius 1 is 1.00 bits per heavy atom. The number of amides is 1. The lowest BCUT2D eigenvalue weighted by molar-refractivity contribution is 0.215. The summed E-state index contributed by atoms with van der Waals surface area (Å²) in [7, 11) is 0. The molecule has 0 aliphatic heterocycles. The van der Waals surface area contributed by atoms with Crippen LogP contribution in [0.1, 0.15) is 69.4 Å². The van der Waals surface area contributed by atoms with E-state index in [1.54, 1.807) is 19.1 Å². The van der Waals surface area contributed by atoms with E-state index >= 15 is 0 Å². The highest BCUT2D eigenvalue weighted by Gasteiger charge is 2.15. The van der Waals surface area contributed by atoms with Crippen LogP contribution in [-0.2, 0) is 6.42 Å². The maximum absolute atomic E-state index is 12.1. The van der Waals surface area contributed by atoms with Crippen molar-refractivity contribution >= 4 is 35.0 Å². The van der Waals surface area contributed by atoms with E-state index < -0.39 is 6.09 Å². The maximum atomic E-state index is 12.1. The molecule has 4 nitrogen and oxygen atoms in total. The Kier molecular flexibility index (Phi) is 10.3. The van der Waals surface area contributed by atoms with Crippen molar-refractivity contribution in [1.82, 2.24) is 0 Å². The lowest BCUT2D eigenvalue weighted by atomic mass is 10.0. The van der Waals surface area contributed by atoms with Crippen molar-refractivity contribution in [2.45, 2.75) is 71.6 Å². The molecule has 0 aliphatic carbocycles. The number of phenols is 1. The zero-order valence-electron chi connectivity index (χ0n) is 17.8. The lowest BCUT2D eigenvalue weighted by Crippen LogP contribution is -2.17. The van der Waals surface area contributed by atoms with Gasteiger partial charge in [-0.2, -0.15) is 0 Å². The van der Waals surface area contributed by atoms with Gasteiger partial charge in [0.15, 0.2) is 5.75 Å². The van der Waals surface area contributed by atoms with Gasteiger partial charge in [0.1, 0.15) is 5.75 Å². The van der Waals surface area contributed by atoms with Crippen LogP contribution in [0.3, 0.4) is 0 Å². The summed E-state index contributed by atoms with van der Waals surface area (Å²) in [5.41, 5.74) is 1.87. The first kappa shape index (κ1) is 24.4. The molecule has 2 aromatic carbocycles. The monoisotopic (exact) mass is 451 g/mol. The van der Waals surface area contributed by atoms with Crippen LogP contribution in [0.25, 0.3) is 0 Å². The summed E-state index contributed by atoms with van der Waals surface area (Å²) < 4.78 is 5.28. The van der Waals surface area contributed by atoms with Gasteiger partial charge in [0.2, 0.25) is 0 Å². The number of ether oxygens (including phenoxy) is 1. The molecule has 2 aromatic rings. The molecule has 0 spiro atoms. The third-order valence-corrected chi connectivity index (χ3v) is 5.97. The summed E-state index contributed by atoms with van der Waals surface area (Å²) in [5.74, 6) is 0.187. The highest BCUT2D eigenvalue weighted by molar-refractivity contribution is 6.37. The number of carbonyl (C=O) groups is 1. The maximum Gasteiger partial charge on any atom is 0.417 e. The molecule has 2 rings (SSSR count). The van der Waals surface area contributed by atoms with Gasteiger partial charge in [-0.3, -0.25) is 5.32 Å². The molecule has 0 radical (unpaired) electrons. The van der Waals surface area contributed by atoms with Gasteiger partial charge < -0.3 is 9.84 Å². The molecule has 0 aliphatic rings. The first-order valence-electron chi connectivity index (χ1n) is 10.7. The van der Waals surface area contributed by atoms with Gasteiger partial charge in [0, 0.05) is 5.02 Å². The average Bonchev–Trinajstić information content (AvgIpc) is 2.73. The van der Waals surface area contributed by atoms with Gasteiger partial charge in [0.25, 0.3) is 0 Å². The van der Waals surface area contributed by atoms with E-state index in [9.17, 15) is 9.90 Å². The number of rotatable bonds is 11. The Labute approximate surface area is 189 Å². The summed E-state index contributed by atoms with van der Waals surface area (Å²) in [6.45, 7) is 3.92. The quantitative estimate of drug-likeness (QED) is 0.266. The van der Waals surface area contributed by atoms with Crippen molar-refractivity contribution in [2.24, 2.45) is 0 Å². The Bertz CT molecular complexity index is 822. The minimum atomic E-state index is -0.725. The van der Waals surface area contributed by atoms with Gasteiger partial charge in [0.05, 0.1) is 10.7 Å². The summed E-state index contributed by atoms with van der Waals surface area (Å²) in [6.07, 6.45) is 10.7. The number of aromatic hydroxyl groups is 1. The summed E-state index contributed by atoms with van der Waals surface area (Å²) >= 11 is 12.1. The van der Waals surface area contributed by atoms with Crippen molar-refractivity contribution < 1.29 is 14.6 Å². The molecule has 0 bridgehead atoms. The third kappa shape index (κ3) is 7.73. The van der Waals surface area contributed by atoms with E-state index in [0.717, 1.165) is 6.42 Å². The zero-order chi connectivity index (χ0) is 21.9. The molecule has 0 heterocycles. The number of hydrogen-bond acceptors (Lipinski definition) is 3. The number of anilines is 1. The van der Waals surface area contributed by atoms with E-state index in [-0.39, 0.29) is 16.5 Å². The van der Waals surface area contributed by atoms with Gasteiger partial charge in [-0.25, -0.2) is 4.79 Å². The lowest BCUT2D eigenvalue weighted by Gasteiger charge is -2.12. The van der Waals surface area contributed by atoms with Crippen LogP contribution in [0.2, 0.25) is 10.0 Å². The molecule has 30 heavy (non-hydrogen) atoms. The van der Waals surface area contributed by atoms with Gasteiger partial charge in [-0.1, -0.05) is 87.2 Å². The number of phenolic OH excluding ortho intramolecular Hbond substituents is 1. The molecule has 0 aromatic heterocycles. The normalized spacial score (nSPS) is 10.8. The molecule has 0 atom stereocenters. The van der Waals surface area contributed by atoms with Gasteiger partial charge in [-0.15, -0.1) is 0 Å². The minimum Gasteiger partial charge on any atom is -0.504 e. The van der Waals surface area contributed by atoms with Crippen molar-refractivity contribution in [2.75, 3.05) is 5.32 Å². The summed E-state index contributed by atoms with van der Waals surface area (Å²) in [6, 6.07) is 8.93. The Balaban J connectivity index is 1.76. The van der Waals surface area contributed by atoms with E-state index in [1.165, 1.54) is 63.0 Å². The summed E-state index contributed by atoms with van der Waals surface area (Å²) in [5, 5.41) is 13.0. The molecule has 6 heteroatoms. The zero-order valence-corrected chi connectivity index (χ0v) is 19.3. The molecule has 164 valence electrons. The Morgan fingerprint density at radius 2 is 1.60 bits per heavy atom. The number of aryl methyl sites for hydroxylation is 1. The SMILES string of the molecule is CCCCCCCCCCc1ccc(OC(=O)Nc2cc(Cl)c(C)c(Cl)c2O)cc1. The molecule has 0 unspecified atom stereocenters. The van der Waals surface area contributed by atoms with E-state index in [4.69, 9.17) is 27.9 Å². The Morgan fingerprint density at radius 3 is 2.23 bits per heavy atom. The molecular formula is C24H31Cl2NO3. The highest BCUT2D eigenvalue weighted by Crippen LogP contribution is 2.38. The highest BCUT2D eigenvalue weighted by atomic mass is 35.5. The largest absolute Gasteiger partial charge is 0.504 e. The molecule has 2 N–H and O–H groups in total. The molecule has 0 saturated heterocycles. The van der Waals surface area contributed by atoms with Crippen LogP contribution < -0.4 is 10.1 Å². The van der Waals surface area contributed by atoms with Crippen LogP contribution in [-0.4, -0.2) is 11.2 Å². The predicted molar refractivity (Wildman–Crippen MR) is 125 cm³/mol. The number of nitrogens with one attached hydrogen (secondary N) is 1. The number of unbranched alkanes of at least 4 members (excludes halogenated alkanes) is 7. The van der Waals surface area contributed by atoms with Crippen molar-refractivity contribution in [3.05, 3.63) is 51.5 Å². The second-order valence-corrected chi connectivity index (χ2v) is 8.36. The third-order valence-electron chi connectivity index (χ3n) is 5.11. The number of hydrogen-bond donors (Lipinski definition) is 2. The fourth-order valence-corrected chi connectivity index (χ4v) is 3.68. The second kappa shape index (κ2) is 12.7. The topological polar surface area (TPSA) is 58.6 Å². The Hall–Kier alpha value is -1.91. The van der Waals surface area contributed by atoms with E-state index in [0.29, 0.717) is 16.3 Å². The van der Waals surface area contributed by atoms with Crippen molar-refractivity contribution in [3.63, 3.8) is 0 Å². The van der Waals surface area contributed by atoms with Gasteiger partial charge >= 0.3 is 6.09 Å². The molecule has 0 fully saturated rings. The minimum absolute atomic E-state index is 0.100. The first-order valence-corrected chi connectivity index (χ1v) is 11.4. The standard InChI is InChI=1S/C24H31Cl2NO3/c1-3-4-5-6-7-8-9-10-11-18-12-14-19(15-13-18)30-24(29)27-21-16-20(25)17(2)22(26)23(21)28/h12-16,28H,3-11H2,1-2H3,(H,27,29). The molecule has 1 amide bonds. The van der Waals surface area contributed by atoms with Crippen molar-refractivity contribution in [3.8, 4) is 11.5 Å². The number of benzene rings is 2. The van der Waals surface area contributed by atoms with Crippen LogP contribution in [0.5, 0.6) is 11.5 Å². The fourth-order valence-electron chi connectivity index (χ4n) is 3.23. The number of halogens is 2. The molecule has 0 saturated carbocycles. The first-order chi connectivity index (χ1) is 14.4. The van der Waals surface area contributed by atoms with Crippen LogP contribution in [0.4, 0.5) is 10.5 Å². The number of carbonyl (C=O) groups excluding carboxylic acids is 1. The van der Waals surface area contributed by atoms with E-state index in [1.807, 2.05) is 12.1 Å². The van der Waals surface area contributed by atoms with Crippen molar-refractivity contribution in [1.29, 1.82) is 0 Å². The van der Waals surface area contributed by atoms with Crippen LogP contribution in [0.15, 0.2) is 30.3 Å². The summed E-state index contributed by atoms with van der Waals surface area (Å²) in [4.78, 5) is 12.1. The fraction of sp³-hybridized carbons (Fsp3) is 0.458. The molecular weight excluding hydrogens is 421 g/mol. The van der Waals surface area contributed by atoms with E-state index in [2.05, 4.69) is 12.2 Å². The smallest absolute Gasteiger partial charge is 0.417 e. The predicted octanol–water partition coefficient (Wildman–Crippen LogP) is 8.30. The average molecular weight is 452 g/mol. The van der Waals surface area contributed by atoms with Gasteiger partial charge in [-0.05, 0) is 49.1 Å². The van der Waals surface area contributed by atoms with Crippen LogP contribution >= 0.6 is 23.2 Å².